The Hall–Kier alpha value is -2.16. The van der Waals surface area contributed by atoms with Crippen LogP contribution in [0.3, 0.4) is 0 Å². The van der Waals surface area contributed by atoms with E-state index in [0.717, 1.165) is 6.07 Å². The highest BCUT2D eigenvalue weighted by Crippen LogP contribution is 2.37. The lowest BCUT2D eigenvalue weighted by Crippen LogP contribution is -2.49. The van der Waals surface area contributed by atoms with Crippen LogP contribution in [0.1, 0.15) is 11.6 Å². The van der Waals surface area contributed by atoms with E-state index in [1.165, 1.54) is 19.2 Å². The molecule has 1 atom stereocenters. The number of alkyl carbamates (subject to hydrolysis) is 1. The number of hydrogen-bond donors (Lipinski definition) is 1. The predicted octanol–water partition coefficient (Wildman–Crippen LogP) is 2.44. The largest absolute Gasteiger partial charge is 0.490 e. The minimum absolute atomic E-state index is 0. The second kappa shape index (κ2) is 6.08. The molecule has 1 saturated heterocycles. The molecule has 1 aliphatic heterocycles. The topological polar surface area (TPSA) is 90.7 Å². The first-order valence-corrected chi connectivity index (χ1v) is 5.48. The van der Waals surface area contributed by atoms with E-state index < -0.39 is 35.3 Å². The molecular formula is C11H11ClF2N2O5. The number of methoxy groups -OCH3 is 1. The van der Waals surface area contributed by atoms with Gasteiger partial charge < -0.3 is 14.8 Å². The lowest BCUT2D eigenvalue weighted by atomic mass is 9.99. The Morgan fingerprint density at radius 1 is 1.52 bits per heavy atom. The van der Waals surface area contributed by atoms with E-state index in [1.54, 1.807) is 0 Å². The van der Waals surface area contributed by atoms with E-state index in [9.17, 15) is 23.7 Å². The standard InChI is InChI=1S/C11H10F2N2O5.ClH/c1-19-8-3-2-6(4-7(8)15(17)18)9-11(12,13)5-20-10(16)14-9;/h2-4,9H,5H2,1H3,(H,14,16);1H/t9-;/m1./s1. The van der Waals surface area contributed by atoms with Crippen molar-refractivity contribution in [2.24, 2.45) is 0 Å². The van der Waals surface area contributed by atoms with Crippen molar-refractivity contribution in [2.45, 2.75) is 12.0 Å². The number of nitro groups is 1. The average molecular weight is 325 g/mol. The van der Waals surface area contributed by atoms with Crippen molar-refractivity contribution in [3.63, 3.8) is 0 Å². The number of carbonyl (C=O) groups is 1. The van der Waals surface area contributed by atoms with E-state index in [4.69, 9.17) is 4.74 Å². The number of nitrogens with zero attached hydrogens (tertiary/aromatic N) is 1. The van der Waals surface area contributed by atoms with Crippen LogP contribution in [0.4, 0.5) is 19.3 Å². The summed E-state index contributed by atoms with van der Waals surface area (Å²) in [4.78, 5) is 21.2. The molecule has 21 heavy (non-hydrogen) atoms. The van der Waals surface area contributed by atoms with Gasteiger partial charge in [0, 0.05) is 6.07 Å². The highest BCUT2D eigenvalue weighted by molar-refractivity contribution is 5.85. The molecule has 1 N–H and O–H groups in total. The van der Waals surface area contributed by atoms with E-state index in [0.29, 0.717) is 0 Å². The molecule has 116 valence electrons. The quantitative estimate of drug-likeness (QED) is 0.681. The monoisotopic (exact) mass is 324 g/mol. The number of cyclic esters (lactones) is 1. The van der Waals surface area contributed by atoms with Gasteiger partial charge in [-0.3, -0.25) is 10.1 Å². The maximum Gasteiger partial charge on any atom is 0.408 e. The molecule has 0 bridgehead atoms. The fourth-order valence-electron chi connectivity index (χ4n) is 1.87. The molecule has 0 aliphatic carbocycles. The molecule has 0 saturated carbocycles. The minimum Gasteiger partial charge on any atom is -0.490 e. The van der Waals surface area contributed by atoms with Gasteiger partial charge in [0.05, 0.1) is 12.0 Å². The number of nitro benzene ring substituents is 1. The Labute approximate surface area is 123 Å². The maximum absolute atomic E-state index is 13.7. The van der Waals surface area contributed by atoms with Gasteiger partial charge in [-0.1, -0.05) is 6.07 Å². The van der Waals surface area contributed by atoms with Gasteiger partial charge in [0.25, 0.3) is 0 Å². The second-order valence-electron chi connectivity index (χ2n) is 4.10. The number of hydrogen-bond acceptors (Lipinski definition) is 5. The van der Waals surface area contributed by atoms with Crippen molar-refractivity contribution in [3.8, 4) is 5.75 Å². The van der Waals surface area contributed by atoms with Crippen LogP contribution >= 0.6 is 12.4 Å². The lowest BCUT2D eigenvalue weighted by Gasteiger charge is -2.31. The number of ether oxygens (including phenoxy) is 2. The molecule has 1 heterocycles. The summed E-state index contributed by atoms with van der Waals surface area (Å²) < 4.78 is 36.4. The number of amides is 1. The van der Waals surface area contributed by atoms with E-state index in [-0.39, 0.29) is 23.7 Å². The molecule has 2 rings (SSSR count). The van der Waals surface area contributed by atoms with Gasteiger partial charge in [0.1, 0.15) is 6.04 Å². The number of benzene rings is 1. The third-order valence-corrected chi connectivity index (χ3v) is 2.81. The van der Waals surface area contributed by atoms with Gasteiger partial charge in [-0.05, 0) is 11.6 Å². The highest BCUT2D eigenvalue weighted by Gasteiger charge is 2.47. The van der Waals surface area contributed by atoms with Gasteiger partial charge in [0.15, 0.2) is 12.4 Å². The van der Waals surface area contributed by atoms with Gasteiger partial charge in [-0.25, -0.2) is 13.6 Å². The summed E-state index contributed by atoms with van der Waals surface area (Å²) in [7, 11) is 1.23. The van der Waals surface area contributed by atoms with Gasteiger partial charge >= 0.3 is 17.7 Å². The van der Waals surface area contributed by atoms with E-state index in [2.05, 4.69) is 4.74 Å². The molecule has 1 amide bonds. The third-order valence-electron chi connectivity index (χ3n) is 2.81. The second-order valence-corrected chi connectivity index (χ2v) is 4.10. The zero-order valence-electron chi connectivity index (χ0n) is 10.7. The predicted molar refractivity (Wildman–Crippen MR) is 69.1 cm³/mol. The van der Waals surface area contributed by atoms with Crippen LogP contribution < -0.4 is 10.1 Å². The molecule has 0 aromatic heterocycles. The summed E-state index contributed by atoms with van der Waals surface area (Å²) in [6, 6.07) is 1.69. The number of halogens is 3. The minimum atomic E-state index is -3.36. The molecule has 10 heteroatoms. The van der Waals surface area contributed by atoms with Gasteiger partial charge in [0.2, 0.25) is 0 Å². The van der Waals surface area contributed by atoms with Crippen LogP contribution in [0.5, 0.6) is 5.75 Å². The van der Waals surface area contributed by atoms with Crippen LogP contribution in [0.2, 0.25) is 0 Å². The summed E-state index contributed by atoms with van der Waals surface area (Å²) >= 11 is 0. The van der Waals surface area contributed by atoms with Crippen molar-refractivity contribution >= 4 is 24.2 Å². The Morgan fingerprint density at radius 3 is 2.76 bits per heavy atom. The smallest absolute Gasteiger partial charge is 0.408 e. The number of rotatable bonds is 3. The molecule has 1 aromatic rings. The normalized spacial score (nSPS) is 19.8. The molecule has 0 radical (unpaired) electrons. The first-order valence-electron chi connectivity index (χ1n) is 5.48. The van der Waals surface area contributed by atoms with E-state index in [1.807, 2.05) is 5.32 Å². The first-order chi connectivity index (χ1) is 9.35. The van der Waals surface area contributed by atoms with Crippen molar-refractivity contribution in [1.82, 2.24) is 5.32 Å². The SMILES string of the molecule is COc1ccc([C@H]2NC(=O)OCC2(F)F)cc1[N+](=O)[O-].Cl. The third kappa shape index (κ3) is 3.30. The molecule has 0 spiro atoms. The van der Waals surface area contributed by atoms with Crippen LogP contribution in [-0.4, -0.2) is 30.7 Å². The summed E-state index contributed by atoms with van der Waals surface area (Å²) in [5, 5.41) is 12.8. The van der Waals surface area contributed by atoms with Gasteiger partial charge in [-0.2, -0.15) is 0 Å². The van der Waals surface area contributed by atoms with Gasteiger partial charge in [-0.15, -0.1) is 12.4 Å². The Morgan fingerprint density at radius 2 is 2.19 bits per heavy atom. The first kappa shape index (κ1) is 16.9. The fourth-order valence-corrected chi connectivity index (χ4v) is 1.87. The summed E-state index contributed by atoms with van der Waals surface area (Å²) in [6.45, 7) is -1.08. The summed E-state index contributed by atoms with van der Waals surface area (Å²) in [5.41, 5.74) is -0.555. The zero-order valence-corrected chi connectivity index (χ0v) is 11.5. The van der Waals surface area contributed by atoms with E-state index >= 15 is 0 Å². The zero-order chi connectivity index (χ0) is 14.9. The molecule has 7 nitrogen and oxygen atoms in total. The summed E-state index contributed by atoms with van der Waals surface area (Å²) in [5.74, 6) is -3.42. The Bertz CT molecular complexity index is 570. The highest BCUT2D eigenvalue weighted by atomic mass is 35.5. The van der Waals surface area contributed by atoms with Crippen molar-refractivity contribution in [1.29, 1.82) is 0 Å². The lowest BCUT2D eigenvalue weighted by molar-refractivity contribution is -0.385. The number of carbonyl (C=O) groups excluding carboxylic acids is 1. The molecule has 1 fully saturated rings. The maximum atomic E-state index is 13.7. The Balaban J connectivity index is 0.00000220. The van der Waals surface area contributed by atoms with Crippen molar-refractivity contribution in [2.75, 3.05) is 13.7 Å². The molecule has 0 unspecified atom stereocenters. The Kier molecular flexibility index (Phi) is 4.89. The molecule has 1 aromatic carbocycles. The van der Waals surface area contributed by atoms with Crippen LogP contribution in [0.15, 0.2) is 18.2 Å². The number of alkyl halides is 2. The van der Waals surface area contributed by atoms with Crippen LogP contribution in [-0.2, 0) is 4.74 Å². The van der Waals surface area contributed by atoms with Crippen LogP contribution in [0.25, 0.3) is 0 Å². The number of nitrogens with one attached hydrogen (secondary N) is 1. The van der Waals surface area contributed by atoms with Crippen molar-refractivity contribution in [3.05, 3.63) is 33.9 Å². The molecule has 1 aliphatic rings. The molecular weight excluding hydrogens is 314 g/mol. The summed E-state index contributed by atoms with van der Waals surface area (Å²) in [6.07, 6.45) is -1.00. The average Bonchev–Trinajstić information content (AvgIpc) is 2.40. The van der Waals surface area contributed by atoms with Crippen LogP contribution in [0, 0.1) is 10.1 Å². The van der Waals surface area contributed by atoms with Crippen molar-refractivity contribution < 1.29 is 28.0 Å². The fraction of sp³-hybridized carbons (Fsp3) is 0.364.